The van der Waals surface area contributed by atoms with Gasteiger partial charge in [0.15, 0.2) is 0 Å². The molecule has 11 heavy (non-hydrogen) atoms. The second kappa shape index (κ2) is 4.18. The Hall–Kier alpha value is 0.0700. The largest absolute Gasteiger partial charge is 0.469 e. The predicted octanol–water partition coefficient (Wildman–Crippen LogP) is 0.113. The van der Waals surface area contributed by atoms with Crippen molar-refractivity contribution in [1.82, 2.24) is 0 Å². The second-order valence-corrected chi connectivity index (χ2v) is 3.74. The van der Waals surface area contributed by atoms with Crippen molar-refractivity contribution in [2.75, 3.05) is 6.61 Å². The summed E-state index contributed by atoms with van der Waals surface area (Å²) < 4.78 is 14.3. The standard InChI is InChI=1S/C5H13O5P/c1-4(5(2)6)3-10-11(7,8)9/h4-6H,3H2,1-2H3,(H2,7,8,9)/t4?,5-/m1/s1. The molecule has 0 aromatic heterocycles. The third-order valence-corrected chi connectivity index (χ3v) is 1.81. The maximum atomic E-state index is 10.1. The lowest BCUT2D eigenvalue weighted by molar-refractivity contribution is 0.0848. The average molecular weight is 184 g/mol. The molecule has 0 aromatic rings. The molecule has 0 saturated carbocycles. The Morgan fingerprint density at radius 3 is 2.18 bits per heavy atom. The predicted molar refractivity (Wildman–Crippen MR) is 38.8 cm³/mol. The van der Waals surface area contributed by atoms with Gasteiger partial charge < -0.3 is 14.9 Å². The first-order valence-corrected chi connectivity index (χ1v) is 4.74. The fraction of sp³-hybridized carbons (Fsp3) is 1.00. The summed E-state index contributed by atoms with van der Waals surface area (Å²) in [5, 5.41) is 8.88. The Morgan fingerprint density at radius 1 is 1.45 bits per heavy atom. The summed E-state index contributed by atoms with van der Waals surface area (Å²) in [6.45, 7) is 3.04. The van der Waals surface area contributed by atoms with Gasteiger partial charge in [0, 0.05) is 5.92 Å². The van der Waals surface area contributed by atoms with Crippen LogP contribution in [0.15, 0.2) is 0 Å². The quantitative estimate of drug-likeness (QED) is 0.540. The lowest BCUT2D eigenvalue weighted by Gasteiger charge is -2.14. The third-order valence-electron chi connectivity index (χ3n) is 1.33. The zero-order chi connectivity index (χ0) is 9.07. The van der Waals surface area contributed by atoms with Crippen LogP contribution in [0.25, 0.3) is 0 Å². The van der Waals surface area contributed by atoms with E-state index in [2.05, 4.69) is 4.52 Å². The summed E-state index contributed by atoms with van der Waals surface area (Å²) in [4.78, 5) is 16.5. The van der Waals surface area contributed by atoms with Gasteiger partial charge in [0.2, 0.25) is 0 Å². The molecule has 0 fully saturated rings. The van der Waals surface area contributed by atoms with E-state index in [0.717, 1.165) is 0 Å². The molecule has 0 aliphatic carbocycles. The molecule has 1 unspecified atom stereocenters. The highest BCUT2D eigenvalue weighted by molar-refractivity contribution is 7.46. The Bertz CT molecular complexity index is 151. The number of rotatable bonds is 4. The highest BCUT2D eigenvalue weighted by atomic mass is 31.2. The van der Waals surface area contributed by atoms with E-state index >= 15 is 0 Å². The van der Waals surface area contributed by atoms with E-state index in [4.69, 9.17) is 14.9 Å². The van der Waals surface area contributed by atoms with Crippen LogP contribution in [-0.2, 0) is 9.09 Å². The molecule has 0 aliphatic rings. The molecular weight excluding hydrogens is 171 g/mol. The van der Waals surface area contributed by atoms with E-state index in [1.54, 1.807) is 6.92 Å². The van der Waals surface area contributed by atoms with E-state index in [1.165, 1.54) is 6.92 Å². The molecule has 0 aromatic carbocycles. The van der Waals surface area contributed by atoms with Crippen LogP contribution in [0.4, 0.5) is 0 Å². The van der Waals surface area contributed by atoms with Crippen molar-refractivity contribution in [3.05, 3.63) is 0 Å². The molecule has 0 rings (SSSR count). The highest BCUT2D eigenvalue weighted by Crippen LogP contribution is 2.36. The first kappa shape index (κ1) is 11.1. The van der Waals surface area contributed by atoms with Gasteiger partial charge in [-0.1, -0.05) is 6.92 Å². The molecule has 0 heterocycles. The maximum Gasteiger partial charge on any atom is 0.469 e. The van der Waals surface area contributed by atoms with Gasteiger partial charge >= 0.3 is 7.82 Å². The van der Waals surface area contributed by atoms with Gasteiger partial charge in [0.05, 0.1) is 12.7 Å². The lowest BCUT2D eigenvalue weighted by atomic mass is 10.1. The van der Waals surface area contributed by atoms with E-state index in [-0.39, 0.29) is 12.5 Å². The Kier molecular flexibility index (Phi) is 4.21. The molecule has 68 valence electrons. The number of phosphoric acid groups is 1. The molecule has 0 spiro atoms. The Labute approximate surface area is 65.2 Å². The van der Waals surface area contributed by atoms with Crippen molar-refractivity contribution in [2.45, 2.75) is 20.0 Å². The van der Waals surface area contributed by atoms with Gasteiger partial charge in [0.1, 0.15) is 0 Å². The summed E-state index contributed by atoms with van der Waals surface area (Å²) in [5.41, 5.74) is 0. The summed E-state index contributed by atoms with van der Waals surface area (Å²) in [6.07, 6.45) is -0.624. The molecule has 0 aliphatic heterocycles. The first-order chi connectivity index (χ1) is 4.83. The Balaban J connectivity index is 3.63. The van der Waals surface area contributed by atoms with E-state index < -0.39 is 13.9 Å². The van der Waals surface area contributed by atoms with Crippen LogP contribution in [-0.4, -0.2) is 27.6 Å². The molecule has 3 N–H and O–H groups in total. The summed E-state index contributed by atoms with van der Waals surface area (Å²) in [7, 11) is -4.37. The van der Waals surface area contributed by atoms with Gasteiger partial charge in [-0.15, -0.1) is 0 Å². The maximum absolute atomic E-state index is 10.1. The summed E-state index contributed by atoms with van der Waals surface area (Å²) in [6, 6.07) is 0. The topological polar surface area (TPSA) is 87.0 Å². The van der Waals surface area contributed by atoms with Gasteiger partial charge in [-0.05, 0) is 6.92 Å². The van der Waals surface area contributed by atoms with Crippen LogP contribution >= 0.6 is 7.82 Å². The van der Waals surface area contributed by atoms with E-state index in [0.29, 0.717) is 0 Å². The molecule has 0 bridgehead atoms. The summed E-state index contributed by atoms with van der Waals surface area (Å²) in [5.74, 6) is -0.275. The molecule has 5 nitrogen and oxygen atoms in total. The molecule has 0 radical (unpaired) electrons. The monoisotopic (exact) mass is 184 g/mol. The van der Waals surface area contributed by atoms with Crippen molar-refractivity contribution in [3.8, 4) is 0 Å². The van der Waals surface area contributed by atoms with E-state index in [9.17, 15) is 4.57 Å². The Morgan fingerprint density at radius 2 is 1.91 bits per heavy atom. The zero-order valence-electron chi connectivity index (χ0n) is 6.47. The minimum Gasteiger partial charge on any atom is -0.393 e. The van der Waals surface area contributed by atoms with Crippen LogP contribution in [0.5, 0.6) is 0 Å². The molecule has 6 heteroatoms. The third kappa shape index (κ3) is 6.47. The van der Waals surface area contributed by atoms with Crippen molar-refractivity contribution < 1.29 is 24.0 Å². The van der Waals surface area contributed by atoms with Crippen LogP contribution in [0, 0.1) is 5.92 Å². The fourth-order valence-electron chi connectivity index (χ4n) is 0.354. The van der Waals surface area contributed by atoms with Crippen LogP contribution in [0.3, 0.4) is 0 Å². The zero-order valence-corrected chi connectivity index (χ0v) is 7.36. The molecule has 0 saturated heterocycles. The first-order valence-electron chi connectivity index (χ1n) is 3.21. The number of hydrogen-bond acceptors (Lipinski definition) is 3. The minimum atomic E-state index is -4.37. The van der Waals surface area contributed by atoms with Gasteiger partial charge in [-0.3, -0.25) is 4.52 Å². The molecule has 0 amide bonds. The smallest absolute Gasteiger partial charge is 0.393 e. The number of aliphatic hydroxyl groups is 1. The highest BCUT2D eigenvalue weighted by Gasteiger charge is 2.17. The van der Waals surface area contributed by atoms with Gasteiger partial charge in [-0.2, -0.15) is 0 Å². The van der Waals surface area contributed by atoms with Crippen molar-refractivity contribution in [1.29, 1.82) is 0 Å². The van der Waals surface area contributed by atoms with Gasteiger partial charge in [0.25, 0.3) is 0 Å². The summed E-state index contributed by atoms with van der Waals surface area (Å²) >= 11 is 0. The fourth-order valence-corrected chi connectivity index (χ4v) is 0.783. The molecule has 2 atom stereocenters. The SMILES string of the molecule is CC(COP(=O)(O)O)[C@@H](C)O. The van der Waals surface area contributed by atoms with Gasteiger partial charge in [-0.25, -0.2) is 4.57 Å². The number of hydrogen-bond donors (Lipinski definition) is 3. The normalized spacial score (nSPS) is 17.9. The van der Waals surface area contributed by atoms with E-state index in [1.807, 2.05) is 0 Å². The lowest BCUT2D eigenvalue weighted by Crippen LogP contribution is -2.18. The van der Waals surface area contributed by atoms with Crippen molar-refractivity contribution in [2.24, 2.45) is 5.92 Å². The number of phosphoric ester groups is 1. The average Bonchev–Trinajstić information content (AvgIpc) is 1.80. The van der Waals surface area contributed by atoms with Crippen molar-refractivity contribution in [3.63, 3.8) is 0 Å². The second-order valence-electron chi connectivity index (χ2n) is 2.50. The van der Waals surface area contributed by atoms with Crippen LogP contribution < -0.4 is 0 Å². The van der Waals surface area contributed by atoms with Crippen LogP contribution in [0.1, 0.15) is 13.8 Å². The van der Waals surface area contributed by atoms with Crippen molar-refractivity contribution >= 4 is 7.82 Å². The number of aliphatic hydroxyl groups excluding tert-OH is 1. The minimum absolute atomic E-state index is 0.137. The molecular formula is C5H13O5P. The van der Waals surface area contributed by atoms with Crippen LogP contribution in [0.2, 0.25) is 0 Å².